The van der Waals surface area contributed by atoms with Gasteiger partial charge in [0.1, 0.15) is 0 Å². The molecule has 12 heavy (non-hydrogen) atoms. The Kier molecular flexibility index (Phi) is 1.54. The molecule has 0 saturated carbocycles. The zero-order valence-corrected chi connectivity index (χ0v) is 7.10. The van der Waals surface area contributed by atoms with Crippen molar-refractivity contribution in [3.05, 3.63) is 6.20 Å². The van der Waals surface area contributed by atoms with Crippen LogP contribution in [0.2, 0.25) is 0 Å². The van der Waals surface area contributed by atoms with Crippen LogP contribution >= 0.6 is 11.3 Å². The number of thiazole rings is 1. The number of aromatic nitrogens is 3. The maximum Gasteiger partial charge on any atom is 0.223 e. The first-order chi connectivity index (χ1) is 5.75. The highest BCUT2D eigenvalue weighted by Crippen LogP contribution is 2.23. The minimum absolute atomic E-state index is 0.112. The van der Waals surface area contributed by atoms with Crippen LogP contribution in [0.5, 0.6) is 0 Å². The molecule has 0 unspecified atom stereocenters. The Hall–Kier alpha value is -1.43. The molecule has 2 aromatic heterocycles. The smallest absolute Gasteiger partial charge is 0.223 e. The van der Waals surface area contributed by atoms with Crippen molar-refractivity contribution < 1.29 is 4.79 Å². The lowest BCUT2D eigenvalue weighted by Crippen LogP contribution is -2.04. The Morgan fingerprint density at radius 2 is 2.58 bits per heavy atom. The molecule has 2 N–H and O–H groups in total. The number of anilines is 1. The number of hydrogen-bond donors (Lipinski definition) is 2. The third-order valence-electron chi connectivity index (χ3n) is 1.29. The van der Waals surface area contributed by atoms with Crippen molar-refractivity contribution in [2.75, 3.05) is 5.32 Å². The van der Waals surface area contributed by atoms with Gasteiger partial charge in [-0.15, -0.1) is 0 Å². The molecule has 0 aliphatic heterocycles. The summed E-state index contributed by atoms with van der Waals surface area (Å²) in [6, 6.07) is 0. The Bertz CT molecular complexity index is 389. The second kappa shape index (κ2) is 2.56. The molecule has 62 valence electrons. The van der Waals surface area contributed by atoms with Gasteiger partial charge in [-0.2, -0.15) is 5.10 Å². The summed E-state index contributed by atoms with van der Waals surface area (Å²) in [7, 11) is 0. The fourth-order valence-corrected chi connectivity index (χ4v) is 1.69. The van der Waals surface area contributed by atoms with Gasteiger partial charge in [0, 0.05) is 6.92 Å². The number of aromatic amines is 1. The molecule has 2 aromatic rings. The number of carbonyl (C=O) groups excluding carboxylic acids is 1. The van der Waals surface area contributed by atoms with Crippen LogP contribution in [0, 0.1) is 0 Å². The van der Waals surface area contributed by atoms with Gasteiger partial charge in [0.2, 0.25) is 5.91 Å². The number of hydrogen-bond acceptors (Lipinski definition) is 4. The molecular weight excluding hydrogens is 176 g/mol. The van der Waals surface area contributed by atoms with Crippen LogP contribution in [-0.4, -0.2) is 21.1 Å². The van der Waals surface area contributed by atoms with E-state index in [9.17, 15) is 4.79 Å². The molecule has 0 fully saturated rings. The molecule has 0 aliphatic rings. The van der Waals surface area contributed by atoms with E-state index in [1.54, 1.807) is 6.20 Å². The van der Waals surface area contributed by atoms with Gasteiger partial charge in [0.15, 0.2) is 10.8 Å². The van der Waals surface area contributed by atoms with Crippen LogP contribution in [-0.2, 0) is 4.79 Å². The van der Waals surface area contributed by atoms with Crippen LogP contribution in [0.15, 0.2) is 6.20 Å². The van der Waals surface area contributed by atoms with E-state index in [-0.39, 0.29) is 5.91 Å². The molecule has 5 nitrogen and oxygen atoms in total. The van der Waals surface area contributed by atoms with E-state index in [4.69, 9.17) is 0 Å². The number of amides is 1. The first kappa shape index (κ1) is 7.23. The van der Waals surface area contributed by atoms with Crippen molar-refractivity contribution in [2.45, 2.75) is 6.92 Å². The second-order valence-corrected chi connectivity index (χ2v) is 3.31. The number of fused-ring (bicyclic) bond motifs is 1. The normalized spacial score (nSPS) is 10.4. The van der Waals surface area contributed by atoms with E-state index in [0.29, 0.717) is 10.8 Å². The molecule has 0 radical (unpaired) electrons. The van der Waals surface area contributed by atoms with Gasteiger partial charge in [-0.05, 0) is 0 Å². The fraction of sp³-hybridized carbons (Fsp3) is 0.167. The van der Waals surface area contributed by atoms with Gasteiger partial charge < -0.3 is 5.32 Å². The molecule has 0 spiro atoms. The predicted molar refractivity (Wildman–Crippen MR) is 46.1 cm³/mol. The van der Waals surface area contributed by atoms with Gasteiger partial charge in [-0.3, -0.25) is 9.89 Å². The van der Waals surface area contributed by atoms with E-state index in [1.165, 1.54) is 18.3 Å². The number of nitrogens with one attached hydrogen (secondary N) is 2. The molecule has 0 aromatic carbocycles. The maximum absolute atomic E-state index is 10.6. The third-order valence-corrected chi connectivity index (χ3v) is 2.19. The van der Waals surface area contributed by atoms with Gasteiger partial charge in [0.05, 0.1) is 10.9 Å². The van der Waals surface area contributed by atoms with E-state index in [1.807, 2.05) is 0 Å². The second-order valence-electron chi connectivity index (χ2n) is 2.28. The zero-order chi connectivity index (χ0) is 8.55. The Morgan fingerprint density at radius 1 is 1.75 bits per heavy atom. The molecule has 0 saturated heterocycles. The molecule has 0 bridgehead atoms. The van der Waals surface area contributed by atoms with Crippen molar-refractivity contribution in [1.82, 2.24) is 15.2 Å². The Morgan fingerprint density at radius 3 is 3.25 bits per heavy atom. The van der Waals surface area contributed by atoms with Gasteiger partial charge in [-0.1, -0.05) is 11.3 Å². The van der Waals surface area contributed by atoms with Crippen molar-refractivity contribution in [2.24, 2.45) is 0 Å². The lowest BCUT2D eigenvalue weighted by molar-refractivity contribution is -0.114. The lowest BCUT2D eigenvalue weighted by Gasteiger charge is -1.91. The first-order valence-electron chi connectivity index (χ1n) is 3.33. The lowest BCUT2D eigenvalue weighted by atomic mass is 10.7. The van der Waals surface area contributed by atoms with E-state index in [2.05, 4.69) is 20.5 Å². The quantitative estimate of drug-likeness (QED) is 0.690. The number of nitrogens with zero attached hydrogens (tertiary/aromatic N) is 2. The molecular formula is C6H6N4OS. The van der Waals surface area contributed by atoms with Crippen LogP contribution < -0.4 is 5.32 Å². The highest BCUT2D eigenvalue weighted by atomic mass is 32.1. The average molecular weight is 182 g/mol. The predicted octanol–water partition coefficient (Wildman–Crippen LogP) is 0.978. The van der Waals surface area contributed by atoms with Crippen molar-refractivity contribution in [1.29, 1.82) is 0 Å². The molecule has 2 heterocycles. The summed E-state index contributed by atoms with van der Waals surface area (Å²) in [5.41, 5.74) is 0.712. The minimum Gasteiger partial charge on any atom is -0.302 e. The van der Waals surface area contributed by atoms with Crippen LogP contribution in [0.1, 0.15) is 6.92 Å². The Balaban J connectivity index is 2.38. The highest BCUT2D eigenvalue weighted by molar-refractivity contribution is 7.22. The number of H-pyrrole nitrogens is 1. The van der Waals surface area contributed by atoms with Crippen molar-refractivity contribution in [3.8, 4) is 0 Å². The highest BCUT2D eigenvalue weighted by Gasteiger charge is 2.05. The molecule has 0 atom stereocenters. The molecule has 2 rings (SSSR count). The van der Waals surface area contributed by atoms with E-state index in [0.717, 1.165) is 4.70 Å². The van der Waals surface area contributed by atoms with Crippen LogP contribution in [0.4, 0.5) is 5.13 Å². The Labute approximate surface area is 71.8 Å². The monoisotopic (exact) mass is 182 g/mol. The SMILES string of the molecule is CC(=O)Nc1nc2[nH]ncc2s1. The zero-order valence-electron chi connectivity index (χ0n) is 6.29. The standard InChI is InChI=1S/C6H6N4OS/c1-3(11)8-6-9-5-4(12-6)2-7-10-5/h2H,1H3,(H2,7,8,9,10,11). The molecule has 6 heteroatoms. The van der Waals surface area contributed by atoms with Gasteiger partial charge in [-0.25, -0.2) is 4.98 Å². The summed E-state index contributed by atoms with van der Waals surface area (Å²) in [5.74, 6) is -0.112. The summed E-state index contributed by atoms with van der Waals surface area (Å²) in [5, 5.41) is 9.71. The average Bonchev–Trinajstić information content (AvgIpc) is 2.43. The summed E-state index contributed by atoms with van der Waals surface area (Å²) in [6.45, 7) is 1.45. The minimum atomic E-state index is -0.112. The van der Waals surface area contributed by atoms with Crippen LogP contribution in [0.25, 0.3) is 10.3 Å². The largest absolute Gasteiger partial charge is 0.302 e. The topological polar surface area (TPSA) is 70.7 Å². The summed E-state index contributed by atoms with van der Waals surface area (Å²) >= 11 is 1.40. The third kappa shape index (κ3) is 1.16. The maximum atomic E-state index is 10.6. The van der Waals surface area contributed by atoms with Gasteiger partial charge >= 0.3 is 0 Å². The van der Waals surface area contributed by atoms with Crippen molar-refractivity contribution in [3.63, 3.8) is 0 Å². The summed E-state index contributed by atoms with van der Waals surface area (Å²) in [6.07, 6.45) is 1.68. The molecule has 0 aliphatic carbocycles. The fourth-order valence-electron chi connectivity index (χ4n) is 0.856. The van der Waals surface area contributed by atoms with E-state index >= 15 is 0 Å². The van der Waals surface area contributed by atoms with Gasteiger partial charge in [0.25, 0.3) is 0 Å². The number of carbonyl (C=O) groups is 1. The first-order valence-corrected chi connectivity index (χ1v) is 4.15. The number of rotatable bonds is 1. The summed E-state index contributed by atoms with van der Waals surface area (Å²) < 4.78 is 0.943. The molecule has 1 amide bonds. The van der Waals surface area contributed by atoms with E-state index < -0.39 is 0 Å². The summed E-state index contributed by atoms with van der Waals surface area (Å²) in [4.78, 5) is 14.7. The van der Waals surface area contributed by atoms with Crippen LogP contribution in [0.3, 0.4) is 0 Å². The van der Waals surface area contributed by atoms with Crippen molar-refractivity contribution >= 4 is 32.7 Å².